The van der Waals surface area contributed by atoms with Crippen LogP contribution >= 0.6 is 0 Å². The van der Waals surface area contributed by atoms with Gasteiger partial charge in [-0.2, -0.15) is 5.10 Å². The van der Waals surface area contributed by atoms with Crippen LogP contribution in [0, 0.1) is 12.7 Å². The molecule has 0 saturated carbocycles. The number of nitrogens with zero attached hydrogens (tertiary/aromatic N) is 1. The van der Waals surface area contributed by atoms with Gasteiger partial charge >= 0.3 is 0 Å². The molecular formula is C8H11FN4. The van der Waals surface area contributed by atoms with Crippen LogP contribution in [0.15, 0.2) is 23.3 Å². The Balaban J connectivity index is 3.19. The third-order valence-corrected chi connectivity index (χ3v) is 1.64. The minimum atomic E-state index is -0.409. The molecule has 0 aliphatic heterocycles. The van der Waals surface area contributed by atoms with Gasteiger partial charge in [0.25, 0.3) is 0 Å². The number of benzene rings is 1. The number of nitrogens with one attached hydrogen (secondary N) is 1. The summed E-state index contributed by atoms with van der Waals surface area (Å²) in [6.07, 6.45) is 0. The maximum Gasteiger partial charge on any atom is 0.169 e. The molecule has 1 rings (SSSR count). The largest absolute Gasteiger partial charge is 0.321 e. The first kappa shape index (κ1) is 9.47. The normalized spacial score (nSPS) is 11.5. The molecule has 70 valence electrons. The first-order chi connectivity index (χ1) is 6.19. The van der Waals surface area contributed by atoms with E-state index >= 15 is 0 Å². The van der Waals surface area contributed by atoms with E-state index in [1.54, 1.807) is 12.1 Å². The van der Waals surface area contributed by atoms with Crippen molar-refractivity contribution in [3.05, 3.63) is 35.1 Å². The van der Waals surface area contributed by atoms with Gasteiger partial charge in [-0.1, -0.05) is 11.6 Å². The molecule has 0 aromatic heterocycles. The Labute approximate surface area is 75.4 Å². The average Bonchev–Trinajstić information content (AvgIpc) is 2.13. The van der Waals surface area contributed by atoms with E-state index in [-0.39, 0.29) is 11.4 Å². The van der Waals surface area contributed by atoms with Crippen molar-refractivity contribution in [2.45, 2.75) is 6.92 Å². The van der Waals surface area contributed by atoms with Gasteiger partial charge in [-0.25, -0.2) is 10.2 Å². The van der Waals surface area contributed by atoms with Crippen LogP contribution in [0.5, 0.6) is 0 Å². The molecule has 0 bridgehead atoms. The predicted octanol–water partition coefficient (Wildman–Crippen LogP) is 0.218. The van der Waals surface area contributed by atoms with Crippen LogP contribution in [0.3, 0.4) is 0 Å². The summed E-state index contributed by atoms with van der Waals surface area (Å²) >= 11 is 0. The van der Waals surface area contributed by atoms with Crippen molar-refractivity contribution in [1.29, 1.82) is 0 Å². The summed E-state index contributed by atoms with van der Waals surface area (Å²) in [6.45, 7) is 1.84. The molecule has 0 heterocycles. The number of aryl methyl sites for hydroxylation is 1. The van der Waals surface area contributed by atoms with Gasteiger partial charge in [0.05, 0.1) is 5.56 Å². The van der Waals surface area contributed by atoms with Gasteiger partial charge < -0.3 is 11.3 Å². The first-order valence-corrected chi connectivity index (χ1v) is 3.70. The summed E-state index contributed by atoms with van der Waals surface area (Å²) in [5.41, 5.74) is 3.40. The van der Waals surface area contributed by atoms with Gasteiger partial charge in [-0.15, -0.1) is 0 Å². The predicted molar refractivity (Wildman–Crippen MR) is 49.2 cm³/mol. The van der Waals surface area contributed by atoms with E-state index in [0.717, 1.165) is 5.56 Å². The number of halogens is 1. The second-order valence-corrected chi connectivity index (χ2v) is 2.61. The summed E-state index contributed by atoms with van der Waals surface area (Å²) in [7, 11) is 0. The van der Waals surface area contributed by atoms with Crippen molar-refractivity contribution in [1.82, 2.24) is 5.43 Å². The van der Waals surface area contributed by atoms with Crippen molar-refractivity contribution in [2.24, 2.45) is 16.8 Å². The van der Waals surface area contributed by atoms with E-state index < -0.39 is 5.82 Å². The number of hydrogen-bond acceptors (Lipinski definition) is 3. The minimum Gasteiger partial charge on any atom is -0.321 e. The molecule has 5 N–H and O–H groups in total. The molecule has 0 atom stereocenters. The van der Waals surface area contributed by atoms with Crippen molar-refractivity contribution in [3.63, 3.8) is 0 Å². The molecule has 0 unspecified atom stereocenters. The Morgan fingerprint density at radius 3 is 2.77 bits per heavy atom. The molecule has 0 spiro atoms. The lowest BCUT2D eigenvalue weighted by Gasteiger charge is -2.05. The van der Waals surface area contributed by atoms with Gasteiger partial charge in [0.1, 0.15) is 5.82 Å². The van der Waals surface area contributed by atoms with Crippen LogP contribution in [-0.2, 0) is 0 Å². The van der Waals surface area contributed by atoms with Crippen LogP contribution in [0.2, 0.25) is 0 Å². The maximum absolute atomic E-state index is 13.2. The van der Waals surface area contributed by atoms with E-state index in [0.29, 0.717) is 0 Å². The highest BCUT2D eigenvalue weighted by Crippen LogP contribution is 2.09. The molecule has 0 amide bonds. The summed E-state index contributed by atoms with van der Waals surface area (Å²) in [5, 5.41) is 3.32. The number of rotatable bonds is 1. The monoisotopic (exact) mass is 182 g/mol. The van der Waals surface area contributed by atoms with Gasteiger partial charge in [-0.3, -0.25) is 0 Å². The molecule has 0 aliphatic rings. The molecular weight excluding hydrogens is 171 g/mol. The Kier molecular flexibility index (Phi) is 2.81. The van der Waals surface area contributed by atoms with Crippen LogP contribution in [-0.4, -0.2) is 5.84 Å². The minimum absolute atomic E-state index is 0.126. The van der Waals surface area contributed by atoms with E-state index in [9.17, 15) is 4.39 Å². The van der Waals surface area contributed by atoms with Crippen molar-refractivity contribution in [3.8, 4) is 0 Å². The van der Waals surface area contributed by atoms with Crippen molar-refractivity contribution in [2.75, 3.05) is 0 Å². The SMILES string of the molecule is Cc1ccc(F)c(/C(=N/N)NN)c1. The fraction of sp³-hybridized carbons (Fsp3) is 0.125. The molecule has 0 radical (unpaired) electrons. The molecule has 0 aliphatic carbocycles. The molecule has 1 aromatic carbocycles. The Morgan fingerprint density at radius 1 is 1.54 bits per heavy atom. The summed E-state index contributed by atoms with van der Waals surface area (Å²) in [4.78, 5) is 0. The van der Waals surface area contributed by atoms with E-state index in [1.165, 1.54) is 6.07 Å². The quantitative estimate of drug-likeness (QED) is 0.251. The van der Waals surface area contributed by atoms with Crippen LogP contribution in [0.25, 0.3) is 0 Å². The van der Waals surface area contributed by atoms with Gasteiger partial charge in [0.15, 0.2) is 5.84 Å². The topological polar surface area (TPSA) is 76.4 Å². The number of hydrazone groups is 1. The summed E-state index contributed by atoms with van der Waals surface area (Å²) in [6, 6.07) is 4.61. The lowest BCUT2D eigenvalue weighted by atomic mass is 10.1. The maximum atomic E-state index is 13.2. The zero-order valence-electron chi connectivity index (χ0n) is 7.21. The van der Waals surface area contributed by atoms with Gasteiger partial charge in [-0.05, 0) is 19.1 Å². The Hall–Kier alpha value is -1.62. The van der Waals surface area contributed by atoms with Crippen LogP contribution < -0.4 is 17.1 Å². The van der Waals surface area contributed by atoms with E-state index in [4.69, 9.17) is 11.7 Å². The molecule has 0 saturated heterocycles. The molecule has 1 aromatic rings. The van der Waals surface area contributed by atoms with E-state index in [1.807, 2.05) is 6.92 Å². The highest BCUT2D eigenvalue weighted by atomic mass is 19.1. The number of hydrazine groups is 1. The smallest absolute Gasteiger partial charge is 0.169 e. The lowest BCUT2D eigenvalue weighted by Crippen LogP contribution is -2.32. The van der Waals surface area contributed by atoms with Gasteiger partial charge in [0, 0.05) is 0 Å². The van der Waals surface area contributed by atoms with Crippen molar-refractivity contribution < 1.29 is 4.39 Å². The third kappa shape index (κ3) is 1.94. The Bertz CT molecular complexity index is 335. The number of nitrogens with two attached hydrogens (primary N) is 2. The highest BCUT2D eigenvalue weighted by molar-refractivity contribution is 5.98. The molecule has 4 nitrogen and oxygen atoms in total. The summed E-state index contributed by atoms with van der Waals surface area (Å²) < 4.78 is 13.2. The van der Waals surface area contributed by atoms with E-state index in [2.05, 4.69) is 10.5 Å². The fourth-order valence-electron chi connectivity index (χ4n) is 1.01. The number of hydrogen-bond donors (Lipinski definition) is 3. The standard InChI is InChI=1S/C8H11FN4/c1-5-2-3-7(9)6(4-5)8(12-10)13-11/h2-4H,10-11H2,1H3,(H,12,13). The zero-order chi connectivity index (χ0) is 9.84. The third-order valence-electron chi connectivity index (χ3n) is 1.64. The summed E-state index contributed by atoms with van der Waals surface area (Å²) in [5.74, 6) is 9.84. The first-order valence-electron chi connectivity index (χ1n) is 3.70. The van der Waals surface area contributed by atoms with Crippen LogP contribution in [0.1, 0.15) is 11.1 Å². The average molecular weight is 182 g/mol. The molecule has 0 fully saturated rings. The Morgan fingerprint density at radius 2 is 2.23 bits per heavy atom. The molecule has 13 heavy (non-hydrogen) atoms. The number of amidine groups is 1. The highest BCUT2D eigenvalue weighted by Gasteiger charge is 2.07. The second-order valence-electron chi connectivity index (χ2n) is 2.61. The van der Waals surface area contributed by atoms with Crippen LogP contribution in [0.4, 0.5) is 4.39 Å². The lowest BCUT2D eigenvalue weighted by molar-refractivity contribution is 0.623. The second kappa shape index (κ2) is 3.86. The molecule has 5 heteroatoms. The zero-order valence-corrected chi connectivity index (χ0v) is 7.21. The van der Waals surface area contributed by atoms with Gasteiger partial charge in [0.2, 0.25) is 0 Å². The fourth-order valence-corrected chi connectivity index (χ4v) is 1.01. The van der Waals surface area contributed by atoms with Crippen molar-refractivity contribution >= 4 is 5.84 Å².